The number of amides is 1. The van der Waals surface area contributed by atoms with Crippen LogP contribution in [0.5, 0.6) is 0 Å². The van der Waals surface area contributed by atoms with E-state index in [0.29, 0.717) is 17.1 Å². The first-order valence-corrected chi connectivity index (χ1v) is 7.69. The number of nitrogens with one attached hydrogen (secondary N) is 1. The van der Waals surface area contributed by atoms with Gasteiger partial charge >= 0.3 is 6.09 Å². The summed E-state index contributed by atoms with van der Waals surface area (Å²) in [6, 6.07) is 19.1. The Hall–Kier alpha value is -3.08. The summed E-state index contributed by atoms with van der Waals surface area (Å²) in [5, 5.41) is 6.77. The molecule has 1 amide bonds. The van der Waals surface area contributed by atoms with Crippen molar-refractivity contribution in [3.63, 3.8) is 0 Å². The van der Waals surface area contributed by atoms with E-state index in [1.54, 1.807) is 6.92 Å². The molecule has 1 atom stereocenters. The molecule has 1 aromatic heterocycles. The molecule has 2 aromatic carbocycles. The summed E-state index contributed by atoms with van der Waals surface area (Å²) in [4.78, 5) is 12.2. The first kappa shape index (κ1) is 15.8. The van der Waals surface area contributed by atoms with Gasteiger partial charge in [-0.2, -0.15) is 0 Å². The lowest BCUT2D eigenvalue weighted by Crippen LogP contribution is -2.16. The van der Waals surface area contributed by atoms with Gasteiger partial charge in [0.15, 0.2) is 5.76 Å². The molecular formula is C19H18N2O3. The Morgan fingerprint density at radius 3 is 2.38 bits per heavy atom. The van der Waals surface area contributed by atoms with Crippen molar-refractivity contribution in [2.45, 2.75) is 20.0 Å². The Labute approximate surface area is 140 Å². The Bertz CT molecular complexity index is 813. The molecule has 0 bridgehead atoms. The van der Waals surface area contributed by atoms with Crippen molar-refractivity contribution in [2.75, 3.05) is 5.32 Å². The standard InChI is InChI=1S/C19H18N2O3/c1-13(15-9-5-3-6-10-15)23-19(22)20-17-14(2)24-21-18(17)16-11-7-4-8-12-16/h3-13H,1-2H3,(H,20,22)/t13-/m1/s1. The topological polar surface area (TPSA) is 64.4 Å². The van der Waals surface area contributed by atoms with Gasteiger partial charge in [-0.25, -0.2) is 4.79 Å². The van der Waals surface area contributed by atoms with E-state index >= 15 is 0 Å². The van der Waals surface area contributed by atoms with E-state index in [4.69, 9.17) is 9.26 Å². The Kier molecular flexibility index (Phi) is 4.61. The lowest BCUT2D eigenvalue weighted by atomic mass is 10.1. The minimum Gasteiger partial charge on any atom is -0.441 e. The van der Waals surface area contributed by atoms with E-state index in [0.717, 1.165) is 11.1 Å². The van der Waals surface area contributed by atoms with Gasteiger partial charge in [0.2, 0.25) is 0 Å². The second-order valence-corrected chi connectivity index (χ2v) is 5.41. The minimum atomic E-state index is -0.546. The van der Waals surface area contributed by atoms with Crippen LogP contribution >= 0.6 is 0 Å². The fourth-order valence-electron chi connectivity index (χ4n) is 2.40. The molecule has 122 valence electrons. The van der Waals surface area contributed by atoms with Crippen LogP contribution in [0, 0.1) is 6.92 Å². The second-order valence-electron chi connectivity index (χ2n) is 5.41. The van der Waals surface area contributed by atoms with Crippen molar-refractivity contribution in [1.29, 1.82) is 0 Å². The number of aryl methyl sites for hydroxylation is 1. The number of aromatic nitrogens is 1. The third kappa shape index (κ3) is 3.46. The number of carbonyl (C=O) groups is 1. The van der Waals surface area contributed by atoms with Gasteiger partial charge in [0, 0.05) is 5.56 Å². The highest BCUT2D eigenvalue weighted by molar-refractivity contribution is 5.91. The molecule has 24 heavy (non-hydrogen) atoms. The lowest BCUT2D eigenvalue weighted by molar-refractivity contribution is 0.121. The summed E-state index contributed by atoms with van der Waals surface area (Å²) in [5.74, 6) is 0.526. The minimum absolute atomic E-state index is 0.355. The fraction of sp³-hybridized carbons (Fsp3) is 0.158. The fourth-order valence-corrected chi connectivity index (χ4v) is 2.40. The molecule has 0 unspecified atom stereocenters. The zero-order valence-corrected chi connectivity index (χ0v) is 13.5. The summed E-state index contributed by atoms with van der Waals surface area (Å²) in [6.45, 7) is 3.57. The number of benzene rings is 2. The zero-order valence-electron chi connectivity index (χ0n) is 13.5. The Balaban J connectivity index is 1.74. The molecule has 3 aromatic rings. The predicted octanol–water partition coefficient (Wildman–Crippen LogP) is 4.96. The molecule has 0 saturated carbocycles. The maximum absolute atomic E-state index is 12.2. The summed E-state index contributed by atoms with van der Waals surface area (Å²) in [5.41, 5.74) is 2.89. The van der Waals surface area contributed by atoms with Crippen molar-refractivity contribution < 1.29 is 14.1 Å². The number of hydrogen-bond acceptors (Lipinski definition) is 4. The van der Waals surface area contributed by atoms with Crippen molar-refractivity contribution in [3.8, 4) is 11.3 Å². The Morgan fingerprint density at radius 2 is 1.71 bits per heavy atom. The molecule has 3 rings (SSSR count). The van der Waals surface area contributed by atoms with Crippen LogP contribution < -0.4 is 5.32 Å². The van der Waals surface area contributed by atoms with Gasteiger partial charge in [0.05, 0.1) is 0 Å². The number of anilines is 1. The van der Waals surface area contributed by atoms with E-state index in [1.807, 2.05) is 67.6 Å². The summed E-state index contributed by atoms with van der Waals surface area (Å²) < 4.78 is 10.7. The summed E-state index contributed by atoms with van der Waals surface area (Å²) >= 11 is 0. The van der Waals surface area contributed by atoms with Crippen LogP contribution in [0.2, 0.25) is 0 Å². The van der Waals surface area contributed by atoms with Crippen LogP contribution in [0.15, 0.2) is 65.2 Å². The van der Waals surface area contributed by atoms with E-state index < -0.39 is 6.09 Å². The predicted molar refractivity (Wildman–Crippen MR) is 91.6 cm³/mol. The third-order valence-corrected chi connectivity index (χ3v) is 3.69. The molecule has 0 radical (unpaired) electrons. The molecular weight excluding hydrogens is 304 g/mol. The number of nitrogens with zero attached hydrogens (tertiary/aromatic N) is 1. The van der Waals surface area contributed by atoms with Crippen LogP contribution in [0.1, 0.15) is 24.4 Å². The summed E-state index contributed by atoms with van der Waals surface area (Å²) in [6.07, 6.45) is -0.902. The Morgan fingerprint density at radius 1 is 1.08 bits per heavy atom. The molecule has 0 fully saturated rings. The highest BCUT2D eigenvalue weighted by Crippen LogP contribution is 2.30. The quantitative estimate of drug-likeness (QED) is 0.737. The van der Waals surface area contributed by atoms with Crippen LogP contribution in [0.4, 0.5) is 10.5 Å². The van der Waals surface area contributed by atoms with Gasteiger partial charge in [0.25, 0.3) is 0 Å². The number of hydrogen-bond donors (Lipinski definition) is 1. The average Bonchev–Trinajstić information content (AvgIpc) is 2.97. The van der Waals surface area contributed by atoms with Crippen molar-refractivity contribution in [1.82, 2.24) is 5.16 Å². The third-order valence-electron chi connectivity index (χ3n) is 3.69. The molecule has 0 saturated heterocycles. The second kappa shape index (κ2) is 7.00. The lowest BCUT2D eigenvalue weighted by Gasteiger charge is -2.14. The van der Waals surface area contributed by atoms with Gasteiger partial charge < -0.3 is 9.26 Å². The molecule has 0 aliphatic rings. The van der Waals surface area contributed by atoms with Crippen molar-refractivity contribution in [2.24, 2.45) is 0 Å². The molecule has 1 heterocycles. The highest BCUT2D eigenvalue weighted by Gasteiger charge is 2.19. The summed E-state index contributed by atoms with van der Waals surface area (Å²) in [7, 11) is 0. The number of carbonyl (C=O) groups excluding carboxylic acids is 1. The van der Waals surface area contributed by atoms with E-state index in [2.05, 4.69) is 10.5 Å². The van der Waals surface area contributed by atoms with Gasteiger partial charge in [-0.05, 0) is 19.4 Å². The van der Waals surface area contributed by atoms with Gasteiger partial charge in [0.1, 0.15) is 17.5 Å². The van der Waals surface area contributed by atoms with Crippen LogP contribution in [-0.4, -0.2) is 11.2 Å². The molecule has 5 nitrogen and oxygen atoms in total. The monoisotopic (exact) mass is 322 g/mol. The van der Waals surface area contributed by atoms with Crippen molar-refractivity contribution in [3.05, 3.63) is 72.0 Å². The smallest absolute Gasteiger partial charge is 0.412 e. The van der Waals surface area contributed by atoms with E-state index in [1.165, 1.54) is 0 Å². The first-order chi connectivity index (χ1) is 11.6. The van der Waals surface area contributed by atoms with Crippen LogP contribution in [-0.2, 0) is 4.74 Å². The van der Waals surface area contributed by atoms with Crippen molar-refractivity contribution >= 4 is 11.8 Å². The van der Waals surface area contributed by atoms with Gasteiger partial charge in [-0.3, -0.25) is 5.32 Å². The maximum Gasteiger partial charge on any atom is 0.412 e. The normalized spacial score (nSPS) is 11.8. The molecule has 0 aliphatic carbocycles. The van der Waals surface area contributed by atoms with E-state index in [-0.39, 0.29) is 6.10 Å². The SMILES string of the molecule is Cc1onc(-c2ccccc2)c1NC(=O)O[C@H](C)c1ccccc1. The molecule has 0 spiro atoms. The zero-order chi connectivity index (χ0) is 16.9. The van der Waals surface area contributed by atoms with Gasteiger partial charge in [-0.15, -0.1) is 0 Å². The van der Waals surface area contributed by atoms with Crippen LogP contribution in [0.25, 0.3) is 11.3 Å². The van der Waals surface area contributed by atoms with Crippen LogP contribution in [0.3, 0.4) is 0 Å². The maximum atomic E-state index is 12.2. The molecule has 5 heteroatoms. The molecule has 0 aliphatic heterocycles. The first-order valence-electron chi connectivity index (χ1n) is 7.69. The van der Waals surface area contributed by atoms with Gasteiger partial charge in [-0.1, -0.05) is 65.8 Å². The van der Waals surface area contributed by atoms with E-state index in [9.17, 15) is 4.79 Å². The number of ether oxygens (including phenoxy) is 1. The molecule has 1 N–H and O–H groups in total. The average molecular weight is 322 g/mol. The highest BCUT2D eigenvalue weighted by atomic mass is 16.6. The number of rotatable bonds is 4. The largest absolute Gasteiger partial charge is 0.441 e.